The molecule has 3 nitrogen and oxygen atoms in total. The minimum atomic E-state index is 0.148. The highest BCUT2D eigenvalue weighted by Gasteiger charge is 2.09. The number of carbonyl (C=O) groups excluding carboxylic acids is 1. The molecule has 0 aliphatic heterocycles. The predicted octanol–water partition coefficient (Wildman–Crippen LogP) is 7.80. The van der Waals surface area contributed by atoms with Gasteiger partial charge in [-0.1, -0.05) is 71.4 Å². The van der Waals surface area contributed by atoms with E-state index in [-0.39, 0.29) is 5.91 Å². The number of nitrogens with one attached hydrogen (secondary N) is 1. The van der Waals surface area contributed by atoms with Crippen molar-refractivity contribution in [1.82, 2.24) is 9.88 Å². The summed E-state index contributed by atoms with van der Waals surface area (Å²) in [6.45, 7) is 25.3. The van der Waals surface area contributed by atoms with Gasteiger partial charge in [-0.3, -0.25) is 4.79 Å². The number of benzene rings is 1. The number of H-pyrrole nitrogens is 1. The van der Waals surface area contributed by atoms with Crippen LogP contribution >= 0.6 is 0 Å². The number of amides is 1. The summed E-state index contributed by atoms with van der Waals surface area (Å²) in [5.74, 6) is 0.148. The molecular weight excluding hydrogens is 356 g/mol. The van der Waals surface area contributed by atoms with Gasteiger partial charge in [-0.25, -0.2) is 0 Å². The Morgan fingerprint density at radius 3 is 2.10 bits per heavy atom. The summed E-state index contributed by atoms with van der Waals surface area (Å²) in [5, 5.41) is 1.29. The lowest BCUT2D eigenvalue weighted by atomic mass is 10.1. The minimum absolute atomic E-state index is 0.148. The van der Waals surface area contributed by atoms with E-state index in [1.54, 1.807) is 6.92 Å². The standard InChI is InChI=1S/C18H24N2O.3C2H6.C2H4/c1-4-14(2)13-20(15(3)21)11-7-8-16-12-19-18-10-6-5-9-17(16)18;4*1-2/h4-6,9-10,12,19H,7-8,11,13H2,1-3H3;3*1-2H3;1-2H2/b14-4+;;;;. The van der Waals surface area contributed by atoms with Crippen LogP contribution in [0.1, 0.15) is 74.3 Å². The van der Waals surface area contributed by atoms with Gasteiger partial charge in [-0.05, 0) is 38.3 Å². The van der Waals surface area contributed by atoms with Crippen LogP contribution in [-0.4, -0.2) is 28.9 Å². The van der Waals surface area contributed by atoms with Crippen LogP contribution in [0.5, 0.6) is 0 Å². The Morgan fingerprint density at radius 1 is 1.03 bits per heavy atom. The van der Waals surface area contributed by atoms with Crippen LogP contribution in [0.15, 0.2) is 55.3 Å². The summed E-state index contributed by atoms with van der Waals surface area (Å²) in [4.78, 5) is 16.9. The van der Waals surface area contributed by atoms with Crippen molar-refractivity contribution in [3.63, 3.8) is 0 Å². The number of para-hydroxylation sites is 1. The molecule has 0 saturated carbocycles. The van der Waals surface area contributed by atoms with E-state index in [1.165, 1.54) is 22.0 Å². The molecule has 29 heavy (non-hydrogen) atoms. The monoisotopic (exact) mass is 402 g/mol. The third-order valence-corrected chi connectivity index (χ3v) is 3.93. The van der Waals surface area contributed by atoms with Gasteiger partial charge in [-0.15, -0.1) is 13.2 Å². The number of hydrogen-bond acceptors (Lipinski definition) is 1. The number of aryl methyl sites for hydroxylation is 1. The van der Waals surface area contributed by atoms with Gasteiger partial charge in [0.15, 0.2) is 0 Å². The maximum absolute atomic E-state index is 11.7. The Balaban J connectivity index is -0.000000754. The highest BCUT2D eigenvalue weighted by atomic mass is 16.2. The topological polar surface area (TPSA) is 36.1 Å². The first-order chi connectivity index (χ1) is 14.1. The normalized spacial score (nSPS) is 9.34. The molecule has 0 saturated heterocycles. The van der Waals surface area contributed by atoms with E-state index in [9.17, 15) is 4.79 Å². The van der Waals surface area contributed by atoms with Crippen LogP contribution in [0.25, 0.3) is 10.9 Å². The van der Waals surface area contributed by atoms with Gasteiger partial charge in [0.1, 0.15) is 0 Å². The number of aromatic amines is 1. The van der Waals surface area contributed by atoms with Crippen molar-refractivity contribution >= 4 is 16.8 Å². The van der Waals surface area contributed by atoms with Gasteiger partial charge >= 0.3 is 0 Å². The van der Waals surface area contributed by atoms with Gasteiger partial charge in [-0.2, -0.15) is 0 Å². The molecule has 0 unspecified atom stereocenters. The van der Waals surface area contributed by atoms with Crippen LogP contribution in [-0.2, 0) is 11.2 Å². The molecule has 3 heteroatoms. The number of hydrogen-bond donors (Lipinski definition) is 1. The molecule has 0 spiro atoms. The molecule has 0 aliphatic carbocycles. The summed E-state index contributed by atoms with van der Waals surface area (Å²) in [6.07, 6.45) is 6.12. The van der Waals surface area contributed by atoms with Crippen molar-refractivity contribution in [3.8, 4) is 0 Å². The largest absolute Gasteiger partial charge is 0.361 e. The van der Waals surface area contributed by atoms with Crippen molar-refractivity contribution in [1.29, 1.82) is 0 Å². The van der Waals surface area contributed by atoms with E-state index in [1.807, 2.05) is 59.4 Å². The number of nitrogens with zero attached hydrogens (tertiary/aromatic N) is 1. The average Bonchev–Trinajstić information content (AvgIpc) is 3.21. The maximum Gasteiger partial charge on any atom is 0.219 e. The Labute approximate surface area is 180 Å². The summed E-state index contributed by atoms with van der Waals surface area (Å²) in [7, 11) is 0. The molecule has 0 aliphatic rings. The van der Waals surface area contributed by atoms with Crippen molar-refractivity contribution in [2.45, 2.75) is 75.2 Å². The Hall–Kier alpha value is -2.29. The third kappa shape index (κ3) is 12.7. The quantitative estimate of drug-likeness (QED) is 0.492. The number of carbonyl (C=O) groups is 1. The molecule has 1 amide bonds. The van der Waals surface area contributed by atoms with Crippen molar-refractivity contribution in [2.75, 3.05) is 13.1 Å². The van der Waals surface area contributed by atoms with Crippen LogP contribution in [0.3, 0.4) is 0 Å². The predicted molar refractivity (Wildman–Crippen MR) is 134 cm³/mol. The SMILES string of the molecule is C/C=C(\C)CN(CCCc1c[nH]c2ccccc12)C(C)=O.C=C.CC.CC.CC. The van der Waals surface area contributed by atoms with E-state index in [2.05, 4.69) is 55.5 Å². The molecule has 1 N–H and O–H groups in total. The zero-order chi connectivity index (χ0) is 23.2. The van der Waals surface area contributed by atoms with E-state index >= 15 is 0 Å². The summed E-state index contributed by atoms with van der Waals surface area (Å²) >= 11 is 0. The fourth-order valence-corrected chi connectivity index (χ4v) is 2.54. The van der Waals surface area contributed by atoms with E-state index in [0.717, 1.165) is 25.9 Å². The van der Waals surface area contributed by atoms with Gasteiger partial charge in [0.25, 0.3) is 0 Å². The first kappa shape index (κ1) is 31.4. The third-order valence-electron chi connectivity index (χ3n) is 3.93. The van der Waals surface area contributed by atoms with Crippen molar-refractivity contribution in [2.24, 2.45) is 0 Å². The van der Waals surface area contributed by atoms with Crippen molar-refractivity contribution < 1.29 is 4.79 Å². The number of aromatic nitrogens is 1. The van der Waals surface area contributed by atoms with E-state index in [4.69, 9.17) is 0 Å². The van der Waals surface area contributed by atoms with E-state index < -0.39 is 0 Å². The van der Waals surface area contributed by atoms with Gasteiger partial charge in [0, 0.05) is 37.1 Å². The highest BCUT2D eigenvalue weighted by molar-refractivity contribution is 5.83. The lowest BCUT2D eigenvalue weighted by Crippen LogP contribution is -2.31. The van der Waals surface area contributed by atoms with Crippen LogP contribution in [0, 0.1) is 0 Å². The molecule has 1 aromatic carbocycles. The second kappa shape index (κ2) is 22.0. The highest BCUT2D eigenvalue weighted by Crippen LogP contribution is 2.19. The molecule has 1 aromatic heterocycles. The van der Waals surface area contributed by atoms with Crippen LogP contribution < -0.4 is 0 Å². The van der Waals surface area contributed by atoms with Gasteiger partial charge in [0.2, 0.25) is 5.91 Å². The van der Waals surface area contributed by atoms with Crippen molar-refractivity contribution in [3.05, 3.63) is 60.8 Å². The Kier molecular flexibility index (Phi) is 23.8. The molecule has 1 heterocycles. The summed E-state index contributed by atoms with van der Waals surface area (Å²) in [6, 6.07) is 8.35. The van der Waals surface area contributed by atoms with E-state index in [0.29, 0.717) is 0 Å². The van der Waals surface area contributed by atoms with Crippen LogP contribution in [0.4, 0.5) is 0 Å². The number of rotatable bonds is 6. The molecule has 0 fully saturated rings. The Bertz CT molecular complexity index is 656. The number of fused-ring (bicyclic) bond motifs is 1. The zero-order valence-corrected chi connectivity index (χ0v) is 20.6. The lowest BCUT2D eigenvalue weighted by Gasteiger charge is -2.21. The molecular formula is C26H46N2O. The van der Waals surface area contributed by atoms with Crippen LogP contribution in [0.2, 0.25) is 0 Å². The summed E-state index contributed by atoms with van der Waals surface area (Å²) < 4.78 is 0. The first-order valence-corrected chi connectivity index (χ1v) is 11.0. The fraction of sp³-hybridized carbons (Fsp3) is 0.500. The van der Waals surface area contributed by atoms with Gasteiger partial charge in [0.05, 0.1) is 0 Å². The smallest absolute Gasteiger partial charge is 0.219 e. The molecule has 0 bridgehead atoms. The molecule has 0 atom stereocenters. The number of allylic oxidation sites excluding steroid dienone is 1. The first-order valence-electron chi connectivity index (χ1n) is 11.0. The molecule has 166 valence electrons. The molecule has 2 rings (SSSR count). The maximum atomic E-state index is 11.7. The van der Waals surface area contributed by atoms with Gasteiger partial charge < -0.3 is 9.88 Å². The summed E-state index contributed by atoms with van der Waals surface area (Å²) in [5.41, 5.74) is 3.75. The average molecular weight is 403 g/mol. The Morgan fingerprint density at radius 2 is 1.59 bits per heavy atom. The fourth-order valence-electron chi connectivity index (χ4n) is 2.54. The zero-order valence-electron chi connectivity index (χ0n) is 20.6. The second-order valence-electron chi connectivity index (χ2n) is 5.54. The lowest BCUT2D eigenvalue weighted by molar-refractivity contribution is -0.128. The molecule has 0 radical (unpaired) electrons. The minimum Gasteiger partial charge on any atom is -0.361 e. The molecule has 2 aromatic rings. The second-order valence-corrected chi connectivity index (χ2v) is 5.54.